The Morgan fingerprint density at radius 2 is 1.76 bits per heavy atom. The number of benzene rings is 2. The third-order valence-corrected chi connectivity index (χ3v) is 4.71. The predicted octanol–water partition coefficient (Wildman–Crippen LogP) is 4.15. The molecule has 0 saturated carbocycles. The summed E-state index contributed by atoms with van der Waals surface area (Å²) in [5.41, 5.74) is 4.79. The van der Waals surface area contributed by atoms with Crippen LogP contribution in [0.5, 0.6) is 0 Å². The number of aryl methyl sites for hydroxylation is 1. The highest BCUT2D eigenvalue weighted by molar-refractivity contribution is 5.94. The number of hydrogen-bond acceptors (Lipinski definition) is 3. The number of carbonyl (C=O) groups excluding carboxylic acids is 1. The maximum Gasteiger partial charge on any atom is 0.274 e. The first-order valence-corrected chi connectivity index (χ1v) is 8.72. The molecule has 1 aromatic heterocycles. The Balaban J connectivity index is 1.52. The number of nitrogens with one attached hydrogen (secondary N) is 1. The van der Waals surface area contributed by atoms with Crippen molar-refractivity contribution in [3.8, 4) is 11.1 Å². The molecule has 4 rings (SSSR count). The lowest BCUT2D eigenvalue weighted by molar-refractivity contribution is 0.0941. The molecule has 3 aromatic rings. The van der Waals surface area contributed by atoms with Crippen molar-refractivity contribution in [3.05, 3.63) is 77.2 Å². The summed E-state index contributed by atoms with van der Waals surface area (Å²) in [6.07, 6.45) is 3.95. The van der Waals surface area contributed by atoms with E-state index < -0.39 is 0 Å². The first kappa shape index (κ1) is 15.6. The molecule has 25 heavy (non-hydrogen) atoms. The van der Waals surface area contributed by atoms with Gasteiger partial charge in [0.2, 0.25) is 0 Å². The molecule has 1 aliphatic carbocycles. The first-order chi connectivity index (χ1) is 12.3. The van der Waals surface area contributed by atoms with E-state index in [0.717, 1.165) is 53.7 Å². The topological polar surface area (TPSA) is 55.1 Å². The van der Waals surface area contributed by atoms with Crippen LogP contribution in [-0.4, -0.2) is 11.1 Å². The van der Waals surface area contributed by atoms with E-state index >= 15 is 0 Å². The van der Waals surface area contributed by atoms with Crippen LogP contribution in [0.15, 0.2) is 59.1 Å². The summed E-state index contributed by atoms with van der Waals surface area (Å²) < 4.78 is 5.34. The molecule has 0 aliphatic heterocycles. The fraction of sp³-hybridized carbons (Fsp3) is 0.238. The zero-order valence-corrected chi connectivity index (χ0v) is 14.0. The molecular formula is C21H20N2O2. The third-order valence-electron chi connectivity index (χ3n) is 4.71. The van der Waals surface area contributed by atoms with Gasteiger partial charge in [-0.1, -0.05) is 59.8 Å². The number of nitrogens with zero attached hydrogens (tertiary/aromatic N) is 1. The normalized spacial score (nSPS) is 13.3. The molecule has 0 fully saturated rings. The average molecular weight is 332 g/mol. The van der Waals surface area contributed by atoms with Gasteiger partial charge >= 0.3 is 0 Å². The summed E-state index contributed by atoms with van der Waals surface area (Å²) >= 11 is 0. The zero-order valence-electron chi connectivity index (χ0n) is 14.0. The predicted molar refractivity (Wildman–Crippen MR) is 96.2 cm³/mol. The van der Waals surface area contributed by atoms with Crippen LogP contribution in [0.3, 0.4) is 0 Å². The van der Waals surface area contributed by atoms with E-state index in [2.05, 4.69) is 28.7 Å². The standard InChI is InChI=1S/C21H20N2O2/c24-21(20-18-12-6-7-13-19(18)25-23-20)22-14-16-10-4-5-11-17(16)15-8-2-1-3-9-15/h1-5,8-11H,6-7,12-14H2,(H,22,24). The van der Waals surface area contributed by atoms with Crippen LogP contribution in [-0.2, 0) is 19.4 Å². The Kier molecular flexibility index (Phi) is 4.34. The van der Waals surface area contributed by atoms with Crippen molar-refractivity contribution in [2.75, 3.05) is 0 Å². The summed E-state index contributed by atoms with van der Waals surface area (Å²) in [4.78, 5) is 12.6. The largest absolute Gasteiger partial charge is 0.360 e. The minimum atomic E-state index is -0.158. The number of carbonyl (C=O) groups is 1. The fourth-order valence-corrected chi connectivity index (χ4v) is 3.40. The lowest BCUT2D eigenvalue weighted by Crippen LogP contribution is -2.25. The minimum Gasteiger partial charge on any atom is -0.360 e. The Bertz CT molecular complexity index is 884. The molecule has 0 unspecified atom stereocenters. The van der Waals surface area contributed by atoms with Gasteiger partial charge in [-0.2, -0.15) is 0 Å². The first-order valence-electron chi connectivity index (χ1n) is 8.72. The highest BCUT2D eigenvalue weighted by Gasteiger charge is 2.23. The number of hydrogen-bond donors (Lipinski definition) is 1. The van der Waals surface area contributed by atoms with E-state index in [9.17, 15) is 4.79 Å². The maximum absolute atomic E-state index is 12.6. The fourth-order valence-electron chi connectivity index (χ4n) is 3.40. The molecule has 4 nitrogen and oxygen atoms in total. The van der Waals surface area contributed by atoms with Gasteiger partial charge in [-0.3, -0.25) is 4.79 Å². The molecule has 126 valence electrons. The smallest absolute Gasteiger partial charge is 0.274 e. The van der Waals surface area contributed by atoms with Crippen LogP contribution in [0.4, 0.5) is 0 Å². The second kappa shape index (κ2) is 6.93. The van der Waals surface area contributed by atoms with Gasteiger partial charge in [-0.25, -0.2) is 0 Å². The van der Waals surface area contributed by atoms with Crippen LogP contribution in [0.25, 0.3) is 11.1 Å². The highest BCUT2D eigenvalue weighted by Crippen LogP contribution is 2.25. The van der Waals surface area contributed by atoms with Crippen LogP contribution < -0.4 is 5.32 Å². The number of fused-ring (bicyclic) bond motifs is 1. The summed E-state index contributed by atoms with van der Waals surface area (Å²) in [5, 5.41) is 7.00. The molecule has 1 amide bonds. The Morgan fingerprint density at radius 3 is 2.64 bits per heavy atom. The Hall–Kier alpha value is -2.88. The summed E-state index contributed by atoms with van der Waals surface area (Å²) in [7, 11) is 0. The minimum absolute atomic E-state index is 0.158. The maximum atomic E-state index is 12.6. The quantitative estimate of drug-likeness (QED) is 0.781. The number of rotatable bonds is 4. The van der Waals surface area contributed by atoms with Crippen molar-refractivity contribution >= 4 is 5.91 Å². The highest BCUT2D eigenvalue weighted by atomic mass is 16.5. The molecule has 0 atom stereocenters. The van der Waals surface area contributed by atoms with Crippen molar-refractivity contribution in [2.24, 2.45) is 0 Å². The molecule has 0 spiro atoms. The van der Waals surface area contributed by atoms with Crippen molar-refractivity contribution < 1.29 is 9.32 Å². The summed E-state index contributed by atoms with van der Waals surface area (Å²) in [6, 6.07) is 18.3. The third kappa shape index (κ3) is 3.20. The van der Waals surface area contributed by atoms with Gasteiger partial charge in [0.1, 0.15) is 5.76 Å². The monoisotopic (exact) mass is 332 g/mol. The van der Waals surface area contributed by atoms with Gasteiger partial charge in [0.15, 0.2) is 5.69 Å². The van der Waals surface area contributed by atoms with E-state index in [4.69, 9.17) is 4.52 Å². The molecule has 0 bridgehead atoms. The van der Waals surface area contributed by atoms with E-state index in [1.807, 2.05) is 36.4 Å². The molecular weight excluding hydrogens is 312 g/mol. The van der Waals surface area contributed by atoms with Gasteiger partial charge in [-0.05, 0) is 36.0 Å². The van der Waals surface area contributed by atoms with Crippen LogP contribution in [0.1, 0.15) is 40.2 Å². The summed E-state index contributed by atoms with van der Waals surface area (Å²) in [5.74, 6) is 0.718. The molecule has 0 radical (unpaired) electrons. The molecule has 4 heteroatoms. The van der Waals surface area contributed by atoms with Gasteiger partial charge in [-0.15, -0.1) is 0 Å². The van der Waals surface area contributed by atoms with Crippen molar-refractivity contribution in [1.82, 2.24) is 10.5 Å². The average Bonchev–Trinajstić information content (AvgIpc) is 3.11. The van der Waals surface area contributed by atoms with Crippen LogP contribution in [0, 0.1) is 0 Å². The van der Waals surface area contributed by atoms with E-state index in [1.165, 1.54) is 0 Å². The lowest BCUT2D eigenvalue weighted by Gasteiger charge is -2.12. The second-order valence-electron chi connectivity index (χ2n) is 6.35. The van der Waals surface area contributed by atoms with Crippen molar-refractivity contribution in [1.29, 1.82) is 0 Å². The SMILES string of the molecule is O=C(NCc1ccccc1-c1ccccc1)c1noc2c1CCCC2. The molecule has 1 aliphatic rings. The number of aromatic nitrogens is 1. The van der Waals surface area contributed by atoms with E-state index in [1.54, 1.807) is 0 Å². The number of amides is 1. The summed E-state index contributed by atoms with van der Waals surface area (Å²) in [6.45, 7) is 0.464. The van der Waals surface area contributed by atoms with Crippen molar-refractivity contribution in [2.45, 2.75) is 32.2 Å². The van der Waals surface area contributed by atoms with E-state index in [0.29, 0.717) is 12.2 Å². The Morgan fingerprint density at radius 1 is 1.00 bits per heavy atom. The van der Waals surface area contributed by atoms with Gasteiger partial charge in [0.05, 0.1) is 0 Å². The van der Waals surface area contributed by atoms with Crippen molar-refractivity contribution in [3.63, 3.8) is 0 Å². The van der Waals surface area contributed by atoms with E-state index in [-0.39, 0.29) is 5.91 Å². The van der Waals surface area contributed by atoms with Gasteiger partial charge in [0, 0.05) is 18.5 Å². The molecule has 2 aromatic carbocycles. The molecule has 0 saturated heterocycles. The molecule has 1 heterocycles. The Labute approximate surface area is 146 Å². The van der Waals surface area contributed by atoms with Crippen LogP contribution >= 0.6 is 0 Å². The van der Waals surface area contributed by atoms with Gasteiger partial charge in [0.25, 0.3) is 5.91 Å². The van der Waals surface area contributed by atoms with Crippen LogP contribution in [0.2, 0.25) is 0 Å². The molecule has 1 N–H and O–H groups in total. The van der Waals surface area contributed by atoms with Gasteiger partial charge < -0.3 is 9.84 Å². The zero-order chi connectivity index (χ0) is 17.1. The lowest BCUT2D eigenvalue weighted by atomic mass is 9.96. The second-order valence-corrected chi connectivity index (χ2v) is 6.35.